The van der Waals surface area contributed by atoms with Crippen LogP contribution in [-0.4, -0.2) is 53.3 Å². The monoisotopic (exact) mass is 571 g/mol. The molecule has 1 saturated heterocycles. The first-order valence-corrected chi connectivity index (χ1v) is 15.6. The molecule has 39 heavy (non-hydrogen) atoms. The van der Waals surface area contributed by atoms with Gasteiger partial charge in [0.15, 0.2) is 0 Å². The molecule has 1 aliphatic rings. The van der Waals surface area contributed by atoms with Crippen molar-refractivity contribution in [1.82, 2.24) is 14.3 Å². The van der Waals surface area contributed by atoms with Gasteiger partial charge in [-0.15, -0.1) is 0 Å². The predicted molar refractivity (Wildman–Crippen MR) is 148 cm³/mol. The molecule has 9 nitrogen and oxygen atoms in total. The Hall–Kier alpha value is -3.25. The first-order valence-electron chi connectivity index (χ1n) is 12.7. The van der Waals surface area contributed by atoms with Crippen LogP contribution in [0, 0.1) is 6.92 Å². The molecule has 0 bridgehead atoms. The largest absolute Gasteiger partial charge is 0.496 e. The Balaban J connectivity index is 1.48. The summed E-state index contributed by atoms with van der Waals surface area (Å²) in [6.07, 6.45) is 1.86. The van der Waals surface area contributed by atoms with Crippen LogP contribution in [0.1, 0.15) is 29.5 Å². The van der Waals surface area contributed by atoms with E-state index in [-0.39, 0.29) is 22.8 Å². The van der Waals surface area contributed by atoms with E-state index < -0.39 is 32.0 Å². The lowest BCUT2D eigenvalue weighted by Gasteiger charge is -2.19. The van der Waals surface area contributed by atoms with Crippen molar-refractivity contribution < 1.29 is 26.4 Å². The van der Waals surface area contributed by atoms with E-state index in [9.17, 15) is 21.6 Å². The molecule has 3 aromatic carbocycles. The summed E-state index contributed by atoms with van der Waals surface area (Å²) in [7, 11) is -6.04. The first-order chi connectivity index (χ1) is 18.6. The van der Waals surface area contributed by atoms with Crippen molar-refractivity contribution in [2.75, 3.05) is 20.2 Å². The molecule has 3 aromatic rings. The highest BCUT2D eigenvalue weighted by molar-refractivity contribution is 7.89. The quantitative estimate of drug-likeness (QED) is 0.365. The van der Waals surface area contributed by atoms with Crippen LogP contribution in [-0.2, 0) is 37.8 Å². The summed E-state index contributed by atoms with van der Waals surface area (Å²) in [6, 6.07) is 18.9. The molecule has 208 valence electrons. The highest BCUT2D eigenvalue weighted by Gasteiger charge is 2.28. The summed E-state index contributed by atoms with van der Waals surface area (Å²) in [5, 5.41) is 2.79. The summed E-state index contributed by atoms with van der Waals surface area (Å²) in [5.41, 5.74) is 2.14. The normalized spacial score (nSPS) is 15.1. The molecular formula is C28H33N3O6S2. The summed E-state index contributed by atoms with van der Waals surface area (Å²) in [4.78, 5) is 13.5. The molecule has 1 amide bonds. The van der Waals surface area contributed by atoms with Gasteiger partial charge in [0.05, 0.1) is 16.9 Å². The Morgan fingerprint density at radius 3 is 2.15 bits per heavy atom. The third kappa shape index (κ3) is 7.04. The number of sulfonamides is 2. The third-order valence-electron chi connectivity index (χ3n) is 6.67. The van der Waals surface area contributed by atoms with Crippen molar-refractivity contribution >= 4 is 26.0 Å². The lowest BCUT2D eigenvalue weighted by atomic mass is 10.1. The second-order valence-corrected chi connectivity index (χ2v) is 13.1. The van der Waals surface area contributed by atoms with Crippen molar-refractivity contribution in [2.45, 2.75) is 48.6 Å². The van der Waals surface area contributed by atoms with E-state index in [0.717, 1.165) is 18.4 Å². The van der Waals surface area contributed by atoms with Gasteiger partial charge >= 0.3 is 0 Å². The van der Waals surface area contributed by atoms with Gasteiger partial charge < -0.3 is 10.1 Å². The number of carbonyl (C=O) groups excluding carboxylic acids is 1. The van der Waals surface area contributed by atoms with E-state index in [0.29, 0.717) is 30.0 Å². The molecule has 1 aliphatic heterocycles. The molecule has 0 aliphatic carbocycles. The number of hydrogen-bond donors (Lipinski definition) is 2. The molecule has 2 N–H and O–H groups in total. The van der Waals surface area contributed by atoms with Gasteiger partial charge in [-0.1, -0.05) is 42.5 Å². The van der Waals surface area contributed by atoms with Crippen molar-refractivity contribution in [1.29, 1.82) is 0 Å². The Bertz CT molecular complexity index is 1500. The molecule has 1 heterocycles. The van der Waals surface area contributed by atoms with Crippen LogP contribution >= 0.6 is 0 Å². The van der Waals surface area contributed by atoms with Crippen molar-refractivity contribution in [2.24, 2.45) is 0 Å². The zero-order chi connectivity index (χ0) is 28.0. The Kier molecular flexibility index (Phi) is 9.06. The lowest BCUT2D eigenvalue weighted by Crippen LogP contribution is -2.47. The fraction of sp³-hybridized carbons (Fsp3) is 0.321. The van der Waals surface area contributed by atoms with Gasteiger partial charge in [-0.3, -0.25) is 4.79 Å². The van der Waals surface area contributed by atoms with Gasteiger partial charge in [0.2, 0.25) is 26.0 Å². The maximum atomic E-state index is 13.2. The summed E-state index contributed by atoms with van der Waals surface area (Å²) >= 11 is 0. The zero-order valence-electron chi connectivity index (χ0n) is 22.0. The molecule has 0 saturated carbocycles. The Morgan fingerprint density at radius 2 is 1.54 bits per heavy atom. The molecule has 4 rings (SSSR count). The van der Waals surface area contributed by atoms with E-state index in [1.807, 2.05) is 30.3 Å². The van der Waals surface area contributed by atoms with E-state index in [1.165, 1.54) is 35.7 Å². The predicted octanol–water partition coefficient (Wildman–Crippen LogP) is 2.99. The van der Waals surface area contributed by atoms with E-state index in [2.05, 4.69) is 10.0 Å². The maximum absolute atomic E-state index is 13.2. The van der Waals surface area contributed by atoms with Gasteiger partial charge in [0.1, 0.15) is 11.8 Å². The summed E-state index contributed by atoms with van der Waals surface area (Å²) in [5.74, 6) is 0.0632. The van der Waals surface area contributed by atoms with Crippen LogP contribution in [0.25, 0.3) is 0 Å². The van der Waals surface area contributed by atoms with Crippen molar-refractivity contribution in [3.63, 3.8) is 0 Å². The van der Waals surface area contributed by atoms with Gasteiger partial charge in [-0.2, -0.15) is 9.03 Å². The van der Waals surface area contributed by atoms with E-state index in [1.54, 1.807) is 25.1 Å². The lowest BCUT2D eigenvalue weighted by molar-refractivity contribution is -0.122. The second kappa shape index (κ2) is 12.3. The topological polar surface area (TPSA) is 122 Å². The zero-order valence-corrected chi connectivity index (χ0v) is 23.6. The molecule has 11 heteroatoms. The summed E-state index contributed by atoms with van der Waals surface area (Å²) < 4.78 is 61.2. The maximum Gasteiger partial charge on any atom is 0.243 e. The molecule has 0 spiro atoms. The second-order valence-electron chi connectivity index (χ2n) is 9.47. The van der Waals surface area contributed by atoms with Crippen molar-refractivity contribution in [3.05, 3.63) is 89.5 Å². The first kappa shape index (κ1) is 28.8. The van der Waals surface area contributed by atoms with Crippen LogP contribution in [0.4, 0.5) is 0 Å². The van der Waals surface area contributed by atoms with Crippen LogP contribution in [0.5, 0.6) is 5.75 Å². The molecular weight excluding hydrogens is 538 g/mol. The van der Waals surface area contributed by atoms with Crippen molar-refractivity contribution in [3.8, 4) is 5.75 Å². The van der Waals surface area contributed by atoms with Crippen LogP contribution in [0.3, 0.4) is 0 Å². The number of methoxy groups -OCH3 is 1. The fourth-order valence-electron chi connectivity index (χ4n) is 4.48. The average Bonchev–Trinajstić information content (AvgIpc) is 3.48. The smallest absolute Gasteiger partial charge is 0.243 e. The standard InChI is InChI=1S/C28H33N3O6S2/c1-21-18-25(14-15-27(21)37-2)38(33,34)30-26(19-22-8-4-3-5-9-22)28(32)29-20-23-10-12-24(13-11-23)39(35,36)31-16-6-7-17-31/h3-5,8-15,18,26,30H,6-7,16-17,19-20H2,1-2H3,(H,29,32)/t26-/m0/s1. The number of benzene rings is 3. The Labute approximate surface area is 230 Å². The SMILES string of the molecule is COc1ccc(S(=O)(=O)N[C@@H](Cc2ccccc2)C(=O)NCc2ccc(S(=O)(=O)N3CCCC3)cc2)cc1C. The van der Waals surface area contributed by atoms with E-state index >= 15 is 0 Å². The van der Waals surface area contributed by atoms with Gasteiger partial charge in [0, 0.05) is 19.6 Å². The van der Waals surface area contributed by atoms with Gasteiger partial charge in [-0.25, -0.2) is 16.8 Å². The number of nitrogens with one attached hydrogen (secondary N) is 2. The third-order valence-corrected chi connectivity index (χ3v) is 10.0. The van der Waals surface area contributed by atoms with Crippen LogP contribution in [0.2, 0.25) is 0 Å². The van der Waals surface area contributed by atoms with E-state index in [4.69, 9.17) is 4.74 Å². The minimum Gasteiger partial charge on any atom is -0.496 e. The fourth-order valence-corrected chi connectivity index (χ4v) is 7.28. The molecule has 1 atom stereocenters. The van der Waals surface area contributed by atoms with Crippen LogP contribution in [0.15, 0.2) is 82.6 Å². The van der Waals surface area contributed by atoms with Gasteiger partial charge in [0.25, 0.3) is 0 Å². The van der Waals surface area contributed by atoms with Gasteiger partial charge in [-0.05, 0) is 73.2 Å². The number of hydrogen-bond acceptors (Lipinski definition) is 6. The number of aryl methyl sites for hydroxylation is 1. The molecule has 0 radical (unpaired) electrons. The molecule has 0 aromatic heterocycles. The minimum atomic E-state index is -4.02. The molecule has 1 fully saturated rings. The van der Waals surface area contributed by atoms with Crippen LogP contribution < -0.4 is 14.8 Å². The highest BCUT2D eigenvalue weighted by atomic mass is 32.2. The number of rotatable bonds is 11. The number of carbonyl (C=O) groups is 1. The Morgan fingerprint density at radius 1 is 0.897 bits per heavy atom. The minimum absolute atomic E-state index is 0.0291. The number of amides is 1. The summed E-state index contributed by atoms with van der Waals surface area (Å²) in [6.45, 7) is 2.90. The number of ether oxygens (including phenoxy) is 1. The average molecular weight is 572 g/mol. The number of nitrogens with zero attached hydrogens (tertiary/aromatic N) is 1. The molecule has 0 unspecified atom stereocenters. The highest BCUT2D eigenvalue weighted by Crippen LogP contribution is 2.23.